The summed E-state index contributed by atoms with van der Waals surface area (Å²) in [5.74, 6) is 0.0550. The van der Waals surface area contributed by atoms with Gasteiger partial charge in [0.2, 0.25) is 5.91 Å². The lowest BCUT2D eigenvalue weighted by Crippen LogP contribution is -2.21. The molecule has 0 atom stereocenters. The van der Waals surface area contributed by atoms with Crippen molar-refractivity contribution >= 4 is 38.2 Å². The Kier molecular flexibility index (Phi) is 2.67. The molecule has 2 nitrogen and oxygen atoms in total. The molecular formula is C7H8BrNOS. The van der Waals surface area contributed by atoms with Gasteiger partial charge in [-0.25, -0.2) is 0 Å². The molecule has 0 aromatic carbocycles. The molecule has 0 saturated carbocycles. The van der Waals surface area contributed by atoms with Crippen molar-refractivity contribution in [2.45, 2.75) is 6.92 Å². The van der Waals surface area contributed by atoms with Crippen LogP contribution in [0.2, 0.25) is 0 Å². The Morgan fingerprint density at radius 3 is 2.64 bits per heavy atom. The highest BCUT2D eigenvalue weighted by atomic mass is 79.9. The molecule has 0 aliphatic rings. The second kappa shape index (κ2) is 3.36. The van der Waals surface area contributed by atoms with Gasteiger partial charge in [0, 0.05) is 14.0 Å². The molecule has 1 heterocycles. The molecule has 0 N–H and O–H groups in total. The topological polar surface area (TPSA) is 20.3 Å². The zero-order chi connectivity index (χ0) is 8.43. The van der Waals surface area contributed by atoms with E-state index in [0.29, 0.717) is 0 Å². The van der Waals surface area contributed by atoms with Crippen LogP contribution < -0.4 is 4.90 Å². The lowest BCUT2D eigenvalue weighted by Gasteiger charge is -2.10. The Balaban J connectivity index is 2.84. The summed E-state index contributed by atoms with van der Waals surface area (Å²) in [5, 5.41) is 0.962. The number of carbonyl (C=O) groups excluding carboxylic acids is 1. The minimum atomic E-state index is 0.0550. The van der Waals surface area contributed by atoms with Crippen LogP contribution in [0.1, 0.15) is 6.92 Å². The molecule has 1 aromatic heterocycles. The Hall–Kier alpha value is -0.350. The molecule has 1 aromatic rings. The summed E-state index contributed by atoms with van der Waals surface area (Å²) in [5.41, 5.74) is 0. The molecule has 0 saturated heterocycles. The number of thiophene rings is 1. The number of halogens is 1. The minimum Gasteiger partial charge on any atom is -0.307 e. The van der Waals surface area contributed by atoms with Gasteiger partial charge in [0.15, 0.2) is 0 Å². The van der Waals surface area contributed by atoms with Crippen molar-refractivity contribution in [2.24, 2.45) is 0 Å². The van der Waals surface area contributed by atoms with Crippen molar-refractivity contribution in [2.75, 3.05) is 11.9 Å². The first-order valence-corrected chi connectivity index (χ1v) is 4.72. The summed E-state index contributed by atoms with van der Waals surface area (Å²) in [6, 6.07) is 3.84. The van der Waals surface area contributed by atoms with Gasteiger partial charge in [0.05, 0.1) is 8.79 Å². The average molecular weight is 234 g/mol. The highest BCUT2D eigenvalue weighted by Crippen LogP contribution is 2.28. The summed E-state index contributed by atoms with van der Waals surface area (Å²) in [7, 11) is 1.76. The first-order chi connectivity index (χ1) is 5.11. The van der Waals surface area contributed by atoms with E-state index in [9.17, 15) is 4.79 Å². The first kappa shape index (κ1) is 8.74. The molecule has 1 amide bonds. The summed E-state index contributed by atoms with van der Waals surface area (Å²) in [6.07, 6.45) is 0. The SMILES string of the molecule is CC(=O)N(C)c1ccc(Br)s1. The van der Waals surface area contributed by atoms with Crippen LogP contribution in [0.25, 0.3) is 0 Å². The third kappa shape index (κ3) is 2.04. The quantitative estimate of drug-likeness (QED) is 0.731. The highest BCUT2D eigenvalue weighted by Gasteiger charge is 2.06. The lowest BCUT2D eigenvalue weighted by molar-refractivity contribution is -0.116. The van der Waals surface area contributed by atoms with Gasteiger partial charge in [-0.1, -0.05) is 0 Å². The predicted molar refractivity (Wildman–Crippen MR) is 51.1 cm³/mol. The molecule has 0 bridgehead atoms. The maximum atomic E-state index is 10.9. The van der Waals surface area contributed by atoms with Gasteiger partial charge in [-0.2, -0.15) is 0 Å². The minimum absolute atomic E-state index is 0.0550. The normalized spacial score (nSPS) is 9.73. The standard InChI is InChI=1S/C7H8BrNOS/c1-5(10)9(2)7-4-3-6(8)11-7/h3-4H,1-2H3. The van der Waals surface area contributed by atoms with Crippen molar-refractivity contribution in [3.8, 4) is 0 Å². The van der Waals surface area contributed by atoms with Crippen LogP contribution in [0.3, 0.4) is 0 Å². The maximum absolute atomic E-state index is 10.9. The molecule has 4 heteroatoms. The van der Waals surface area contributed by atoms with Gasteiger partial charge in [-0.05, 0) is 28.1 Å². The van der Waals surface area contributed by atoms with Gasteiger partial charge in [0.1, 0.15) is 0 Å². The van der Waals surface area contributed by atoms with Crippen molar-refractivity contribution in [3.63, 3.8) is 0 Å². The molecule has 0 aliphatic carbocycles. The molecule has 0 aliphatic heterocycles. The van der Waals surface area contributed by atoms with Crippen LogP contribution in [-0.2, 0) is 4.79 Å². The second-order valence-corrected chi connectivity index (χ2v) is 4.60. The third-order valence-corrected chi connectivity index (χ3v) is 3.06. The van der Waals surface area contributed by atoms with Gasteiger partial charge in [0.25, 0.3) is 0 Å². The van der Waals surface area contributed by atoms with E-state index < -0.39 is 0 Å². The van der Waals surface area contributed by atoms with Gasteiger partial charge in [-0.15, -0.1) is 11.3 Å². The predicted octanol–water partition coefficient (Wildman–Crippen LogP) is 2.49. The molecule has 11 heavy (non-hydrogen) atoms. The number of hydrogen-bond acceptors (Lipinski definition) is 2. The fourth-order valence-corrected chi connectivity index (χ4v) is 2.01. The van der Waals surface area contributed by atoms with Crippen LogP contribution in [0.4, 0.5) is 5.00 Å². The summed E-state index contributed by atoms with van der Waals surface area (Å²) in [4.78, 5) is 12.5. The van der Waals surface area contributed by atoms with E-state index in [1.165, 1.54) is 0 Å². The smallest absolute Gasteiger partial charge is 0.224 e. The summed E-state index contributed by atoms with van der Waals surface area (Å²) >= 11 is 4.88. The van der Waals surface area contributed by atoms with Crippen molar-refractivity contribution < 1.29 is 4.79 Å². The van der Waals surface area contributed by atoms with Crippen molar-refractivity contribution in [1.29, 1.82) is 0 Å². The average Bonchev–Trinajstić information content (AvgIpc) is 2.34. The van der Waals surface area contributed by atoms with Crippen molar-refractivity contribution in [3.05, 3.63) is 15.9 Å². The fraction of sp³-hybridized carbons (Fsp3) is 0.286. The molecule has 0 spiro atoms. The number of anilines is 1. The summed E-state index contributed by atoms with van der Waals surface area (Å²) in [6.45, 7) is 1.55. The zero-order valence-electron chi connectivity index (χ0n) is 6.30. The molecule has 60 valence electrons. The largest absolute Gasteiger partial charge is 0.307 e. The Labute approximate surface area is 78.0 Å². The zero-order valence-corrected chi connectivity index (χ0v) is 8.70. The molecular weight excluding hydrogens is 226 g/mol. The van der Waals surface area contributed by atoms with Gasteiger partial charge >= 0.3 is 0 Å². The Bertz CT molecular complexity index is 271. The van der Waals surface area contributed by atoms with E-state index in [0.717, 1.165) is 8.79 Å². The first-order valence-electron chi connectivity index (χ1n) is 3.11. The molecule has 0 unspecified atom stereocenters. The number of amides is 1. The fourth-order valence-electron chi connectivity index (χ4n) is 0.640. The highest BCUT2D eigenvalue weighted by molar-refractivity contribution is 9.11. The Morgan fingerprint density at radius 2 is 2.27 bits per heavy atom. The van der Waals surface area contributed by atoms with Gasteiger partial charge < -0.3 is 4.90 Å². The van der Waals surface area contributed by atoms with E-state index in [1.807, 2.05) is 12.1 Å². The van der Waals surface area contributed by atoms with Crippen LogP contribution >= 0.6 is 27.3 Å². The second-order valence-electron chi connectivity index (χ2n) is 2.16. The van der Waals surface area contributed by atoms with E-state index in [2.05, 4.69) is 15.9 Å². The maximum Gasteiger partial charge on any atom is 0.224 e. The van der Waals surface area contributed by atoms with E-state index in [4.69, 9.17) is 0 Å². The van der Waals surface area contributed by atoms with Crippen LogP contribution in [-0.4, -0.2) is 13.0 Å². The van der Waals surface area contributed by atoms with Crippen LogP contribution in [0, 0.1) is 0 Å². The monoisotopic (exact) mass is 233 g/mol. The van der Waals surface area contributed by atoms with Crippen molar-refractivity contribution in [1.82, 2.24) is 0 Å². The number of hydrogen-bond donors (Lipinski definition) is 0. The van der Waals surface area contributed by atoms with Crippen LogP contribution in [0.15, 0.2) is 15.9 Å². The Morgan fingerprint density at radius 1 is 1.64 bits per heavy atom. The number of rotatable bonds is 1. The van der Waals surface area contributed by atoms with E-state index >= 15 is 0 Å². The molecule has 0 radical (unpaired) electrons. The van der Waals surface area contributed by atoms with Gasteiger partial charge in [-0.3, -0.25) is 4.79 Å². The molecule has 1 rings (SSSR count). The number of nitrogens with zero attached hydrogens (tertiary/aromatic N) is 1. The lowest BCUT2D eigenvalue weighted by atomic mass is 10.5. The molecule has 0 fully saturated rings. The van der Waals surface area contributed by atoms with Crippen LogP contribution in [0.5, 0.6) is 0 Å². The van der Waals surface area contributed by atoms with E-state index in [-0.39, 0.29) is 5.91 Å². The van der Waals surface area contributed by atoms with E-state index in [1.54, 1.807) is 30.2 Å². The third-order valence-electron chi connectivity index (χ3n) is 1.36. The number of carbonyl (C=O) groups is 1. The summed E-state index contributed by atoms with van der Waals surface area (Å²) < 4.78 is 1.04.